The van der Waals surface area contributed by atoms with Crippen molar-refractivity contribution < 1.29 is 4.79 Å². The van der Waals surface area contributed by atoms with Gasteiger partial charge in [-0.2, -0.15) is 0 Å². The molecule has 0 aliphatic carbocycles. The topological polar surface area (TPSA) is 42.0 Å². The molecule has 0 bridgehead atoms. The van der Waals surface area contributed by atoms with Crippen molar-refractivity contribution in [2.45, 2.75) is 27.2 Å². The van der Waals surface area contributed by atoms with E-state index in [1.165, 1.54) is 0 Å². The molecule has 3 heteroatoms. The Morgan fingerprint density at radius 3 is 2.65 bits per heavy atom. The third-order valence-corrected chi connectivity index (χ3v) is 3.18. The number of nitrogens with zero attached hydrogens (tertiary/aromatic N) is 1. The molecule has 0 aliphatic rings. The van der Waals surface area contributed by atoms with Gasteiger partial charge in [-0.3, -0.25) is 4.79 Å². The molecule has 20 heavy (non-hydrogen) atoms. The minimum absolute atomic E-state index is 0.0137. The van der Waals surface area contributed by atoms with Crippen LogP contribution in [-0.4, -0.2) is 17.3 Å². The number of nitrogens with one attached hydrogen (secondary N) is 1. The molecule has 0 aliphatic heterocycles. The summed E-state index contributed by atoms with van der Waals surface area (Å²) in [5, 5.41) is 3.18. The lowest BCUT2D eigenvalue weighted by Crippen LogP contribution is -2.10. The van der Waals surface area contributed by atoms with Gasteiger partial charge in [0.1, 0.15) is 5.82 Å². The monoisotopic (exact) mass is 268 g/mol. The fraction of sp³-hybridized carbons (Fsp3) is 0.294. The Bertz CT molecular complexity index is 620. The van der Waals surface area contributed by atoms with E-state index >= 15 is 0 Å². The first-order valence-electron chi connectivity index (χ1n) is 7.00. The third-order valence-electron chi connectivity index (χ3n) is 3.18. The van der Waals surface area contributed by atoms with Gasteiger partial charge in [0.25, 0.3) is 0 Å². The summed E-state index contributed by atoms with van der Waals surface area (Å²) in [6.07, 6.45) is 0.858. The molecular weight excluding hydrogens is 248 g/mol. The second kappa shape index (κ2) is 6.33. The highest BCUT2D eigenvalue weighted by Gasteiger charge is 2.15. The summed E-state index contributed by atoms with van der Waals surface area (Å²) >= 11 is 0. The predicted molar refractivity (Wildman–Crippen MR) is 82.4 cm³/mol. The van der Waals surface area contributed by atoms with Crippen LogP contribution in [0.15, 0.2) is 36.4 Å². The van der Waals surface area contributed by atoms with Crippen molar-refractivity contribution in [2.24, 2.45) is 0 Å². The molecule has 1 aromatic heterocycles. The highest BCUT2D eigenvalue weighted by Crippen LogP contribution is 2.19. The number of pyridine rings is 1. The molecule has 0 amide bonds. The van der Waals surface area contributed by atoms with Crippen molar-refractivity contribution in [3.05, 3.63) is 58.8 Å². The van der Waals surface area contributed by atoms with Crippen molar-refractivity contribution in [1.82, 2.24) is 4.98 Å². The molecule has 3 nitrogen and oxygen atoms in total. The van der Waals surface area contributed by atoms with E-state index in [0.717, 1.165) is 24.2 Å². The average Bonchev–Trinajstić information content (AvgIpc) is 2.47. The van der Waals surface area contributed by atoms with Crippen LogP contribution in [0.2, 0.25) is 0 Å². The summed E-state index contributed by atoms with van der Waals surface area (Å²) in [7, 11) is 0. The second-order valence-corrected chi connectivity index (χ2v) is 4.78. The predicted octanol–water partition coefficient (Wildman–Crippen LogP) is 3.62. The van der Waals surface area contributed by atoms with Gasteiger partial charge in [0.05, 0.1) is 5.56 Å². The standard InChI is InChI=1S/C17H20N2O/c1-4-14-9-10-15(17(19-14)18-5-2)16(20)13-8-6-7-12(3)11-13/h6-11H,4-5H2,1-3H3,(H,18,19). The molecular formula is C17H20N2O. The number of benzene rings is 1. The number of hydrogen-bond donors (Lipinski definition) is 1. The fourth-order valence-electron chi connectivity index (χ4n) is 2.12. The molecule has 1 aromatic carbocycles. The smallest absolute Gasteiger partial charge is 0.196 e. The number of rotatable bonds is 5. The van der Waals surface area contributed by atoms with Crippen LogP contribution in [0.5, 0.6) is 0 Å². The Balaban J connectivity index is 2.43. The van der Waals surface area contributed by atoms with E-state index in [2.05, 4.69) is 17.2 Å². The highest BCUT2D eigenvalue weighted by molar-refractivity contribution is 6.11. The summed E-state index contributed by atoms with van der Waals surface area (Å²) in [5.74, 6) is 0.693. The molecule has 0 saturated carbocycles. The zero-order valence-electron chi connectivity index (χ0n) is 12.2. The van der Waals surface area contributed by atoms with E-state index in [1.807, 2.05) is 50.2 Å². The van der Waals surface area contributed by atoms with Gasteiger partial charge in [-0.05, 0) is 38.5 Å². The van der Waals surface area contributed by atoms with E-state index in [4.69, 9.17) is 0 Å². The molecule has 104 valence electrons. The molecule has 0 spiro atoms. The number of aromatic nitrogens is 1. The van der Waals surface area contributed by atoms with Gasteiger partial charge >= 0.3 is 0 Å². The van der Waals surface area contributed by atoms with Crippen LogP contribution >= 0.6 is 0 Å². The highest BCUT2D eigenvalue weighted by atomic mass is 16.1. The van der Waals surface area contributed by atoms with E-state index in [1.54, 1.807) is 0 Å². The van der Waals surface area contributed by atoms with Gasteiger partial charge < -0.3 is 5.32 Å². The minimum atomic E-state index is 0.0137. The minimum Gasteiger partial charge on any atom is -0.370 e. The molecule has 0 unspecified atom stereocenters. The van der Waals surface area contributed by atoms with Crippen LogP contribution < -0.4 is 5.32 Å². The number of hydrogen-bond acceptors (Lipinski definition) is 3. The lowest BCUT2D eigenvalue weighted by atomic mass is 10.0. The number of carbonyl (C=O) groups excluding carboxylic acids is 1. The average molecular weight is 268 g/mol. The van der Waals surface area contributed by atoms with Gasteiger partial charge in [0, 0.05) is 17.8 Å². The first kappa shape index (κ1) is 14.3. The summed E-state index contributed by atoms with van der Waals surface area (Å²) in [4.78, 5) is 17.1. The Morgan fingerprint density at radius 2 is 2.00 bits per heavy atom. The van der Waals surface area contributed by atoms with Crippen molar-refractivity contribution in [3.63, 3.8) is 0 Å². The Kier molecular flexibility index (Phi) is 4.51. The maximum Gasteiger partial charge on any atom is 0.196 e. The van der Waals surface area contributed by atoms with Gasteiger partial charge in [0.2, 0.25) is 0 Å². The maximum absolute atomic E-state index is 12.6. The molecule has 0 fully saturated rings. The number of ketones is 1. The van der Waals surface area contributed by atoms with Crippen LogP contribution in [0.25, 0.3) is 0 Å². The zero-order valence-corrected chi connectivity index (χ0v) is 12.2. The first-order valence-corrected chi connectivity index (χ1v) is 7.00. The second-order valence-electron chi connectivity index (χ2n) is 4.78. The fourth-order valence-corrected chi connectivity index (χ4v) is 2.12. The van der Waals surface area contributed by atoms with Crippen molar-refractivity contribution in [3.8, 4) is 0 Å². The summed E-state index contributed by atoms with van der Waals surface area (Å²) in [6.45, 7) is 6.79. The van der Waals surface area contributed by atoms with Crippen LogP contribution in [0, 0.1) is 6.92 Å². The lowest BCUT2D eigenvalue weighted by Gasteiger charge is -2.11. The summed E-state index contributed by atoms with van der Waals surface area (Å²) < 4.78 is 0. The van der Waals surface area contributed by atoms with E-state index in [-0.39, 0.29) is 5.78 Å². The Morgan fingerprint density at radius 1 is 1.20 bits per heavy atom. The molecule has 0 atom stereocenters. The number of anilines is 1. The van der Waals surface area contributed by atoms with Crippen LogP contribution in [-0.2, 0) is 6.42 Å². The van der Waals surface area contributed by atoms with Gasteiger partial charge in [-0.15, -0.1) is 0 Å². The van der Waals surface area contributed by atoms with Crippen molar-refractivity contribution >= 4 is 11.6 Å². The Hall–Kier alpha value is -2.16. The largest absolute Gasteiger partial charge is 0.370 e. The molecule has 1 N–H and O–H groups in total. The zero-order chi connectivity index (χ0) is 14.5. The van der Waals surface area contributed by atoms with Crippen LogP contribution in [0.3, 0.4) is 0 Å². The molecule has 0 saturated heterocycles. The van der Waals surface area contributed by atoms with E-state index in [9.17, 15) is 4.79 Å². The molecule has 1 heterocycles. The van der Waals surface area contributed by atoms with Crippen LogP contribution in [0.1, 0.15) is 41.0 Å². The quantitative estimate of drug-likeness (QED) is 0.842. The van der Waals surface area contributed by atoms with E-state index < -0.39 is 0 Å². The summed E-state index contributed by atoms with van der Waals surface area (Å²) in [6, 6.07) is 11.4. The van der Waals surface area contributed by atoms with Crippen molar-refractivity contribution in [1.29, 1.82) is 0 Å². The SMILES string of the molecule is CCNc1nc(CC)ccc1C(=O)c1cccc(C)c1. The summed E-state index contributed by atoms with van der Waals surface area (Å²) in [5.41, 5.74) is 3.41. The van der Waals surface area contributed by atoms with Gasteiger partial charge in [0.15, 0.2) is 5.78 Å². The maximum atomic E-state index is 12.6. The number of carbonyl (C=O) groups is 1. The molecule has 0 radical (unpaired) electrons. The third kappa shape index (κ3) is 3.05. The normalized spacial score (nSPS) is 10.3. The lowest BCUT2D eigenvalue weighted by molar-refractivity contribution is 0.103. The molecule has 2 aromatic rings. The molecule has 2 rings (SSSR count). The first-order chi connectivity index (χ1) is 9.65. The van der Waals surface area contributed by atoms with Crippen LogP contribution in [0.4, 0.5) is 5.82 Å². The Labute approximate surface area is 120 Å². The number of aryl methyl sites for hydroxylation is 2. The van der Waals surface area contributed by atoms with E-state index in [0.29, 0.717) is 16.9 Å². The van der Waals surface area contributed by atoms with Crippen molar-refractivity contribution in [2.75, 3.05) is 11.9 Å². The van der Waals surface area contributed by atoms with Gasteiger partial charge in [-0.25, -0.2) is 4.98 Å². The van der Waals surface area contributed by atoms with Gasteiger partial charge in [-0.1, -0.05) is 30.7 Å².